The van der Waals surface area contributed by atoms with Crippen LogP contribution in [0.2, 0.25) is 0 Å². The summed E-state index contributed by atoms with van der Waals surface area (Å²) in [5.41, 5.74) is 5.61. The fourth-order valence-electron chi connectivity index (χ4n) is 3.84. The number of primary amides is 1. The van der Waals surface area contributed by atoms with E-state index in [1.54, 1.807) is 0 Å². The number of benzene rings is 1. The van der Waals surface area contributed by atoms with Crippen LogP contribution < -0.4 is 11.1 Å². The van der Waals surface area contributed by atoms with E-state index in [1.165, 1.54) is 56.4 Å². The van der Waals surface area contributed by atoms with Crippen molar-refractivity contribution in [3.05, 3.63) is 39.9 Å². The molecule has 154 valence electrons. The van der Waals surface area contributed by atoms with E-state index in [1.807, 2.05) is 0 Å². The molecule has 1 unspecified atom stereocenters. The number of nitrogens with two attached hydrogens (primary N) is 1. The van der Waals surface area contributed by atoms with Gasteiger partial charge in [0.05, 0.1) is 4.92 Å². The van der Waals surface area contributed by atoms with E-state index in [-0.39, 0.29) is 11.3 Å². The molecule has 2 rings (SSSR count). The van der Waals surface area contributed by atoms with Gasteiger partial charge < -0.3 is 11.1 Å². The Hall–Kier alpha value is -2.44. The standard InChI is InChI=1S/C21H31N3O4/c1-15-7-9-16(10-8-15)5-3-2-4-6-19(20(22)25)23-21(26)17-11-13-18(14-12-17)24(27)28/h11-16,19H,2-10H2,1H3,(H2,22,25)(H,23,26)/t15-,16-,19?. The number of hydrogen-bond acceptors (Lipinski definition) is 4. The number of hydrogen-bond donors (Lipinski definition) is 2. The van der Waals surface area contributed by atoms with Crippen LogP contribution in [0.25, 0.3) is 0 Å². The topological polar surface area (TPSA) is 115 Å². The van der Waals surface area contributed by atoms with Crippen molar-refractivity contribution < 1.29 is 14.5 Å². The number of nitro benzene ring substituents is 1. The normalized spacial score (nSPS) is 20.3. The Kier molecular flexibility index (Phi) is 8.42. The van der Waals surface area contributed by atoms with Crippen LogP contribution in [0.1, 0.15) is 75.1 Å². The number of amides is 2. The van der Waals surface area contributed by atoms with Gasteiger partial charge in [0.2, 0.25) is 5.91 Å². The van der Waals surface area contributed by atoms with Crippen molar-refractivity contribution in [2.24, 2.45) is 17.6 Å². The maximum Gasteiger partial charge on any atom is 0.269 e. The zero-order chi connectivity index (χ0) is 20.5. The van der Waals surface area contributed by atoms with E-state index in [9.17, 15) is 19.7 Å². The largest absolute Gasteiger partial charge is 0.368 e. The van der Waals surface area contributed by atoms with E-state index in [2.05, 4.69) is 12.2 Å². The average molecular weight is 389 g/mol. The van der Waals surface area contributed by atoms with Crippen molar-refractivity contribution >= 4 is 17.5 Å². The molecule has 0 spiro atoms. The third-order valence-corrected chi connectivity index (χ3v) is 5.73. The molecule has 7 nitrogen and oxygen atoms in total. The monoisotopic (exact) mass is 389 g/mol. The minimum absolute atomic E-state index is 0.0876. The minimum atomic E-state index is -0.724. The third kappa shape index (κ3) is 6.94. The first-order chi connectivity index (χ1) is 13.4. The molecule has 1 aromatic rings. The highest BCUT2D eigenvalue weighted by molar-refractivity contribution is 5.97. The fourth-order valence-corrected chi connectivity index (χ4v) is 3.84. The van der Waals surface area contributed by atoms with E-state index in [0.717, 1.165) is 31.1 Å². The van der Waals surface area contributed by atoms with Gasteiger partial charge in [0.1, 0.15) is 6.04 Å². The number of rotatable bonds is 10. The van der Waals surface area contributed by atoms with Gasteiger partial charge in [0.25, 0.3) is 11.6 Å². The highest BCUT2D eigenvalue weighted by Crippen LogP contribution is 2.31. The number of carbonyl (C=O) groups excluding carboxylic acids is 2. The molecule has 1 aliphatic rings. The lowest BCUT2D eigenvalue weighted by molar-refractivity contribution is -0.384. The van der Waals surface area contributed by atoms with E-state index < -0.39 is 22.8 Å². The molecule has 1 saturated carbocycles. The van der Waals surface area contributed by atoms with E-state index >= 15 is 0 Å². The van der Waals surface area contributed by atoms with E-state index in [0.29, 0.717) is 6.42 Å². The lowest BCUT2D eigenvalue weighted by Crippen LogP contribution is -2.44. The first-order valence-electron chi connectivity index (χ1n) is 10.2. The van der Waals surface area contributed by atoms with Crippen molar-refractivity contribution in [3.8, 4) is 0 Å². The van der Waals surface area contributed by atoms with Gasteiger partial charge in [-0.1, -0.05) is 58.3 Å². The Balaban J connectivity index is 1.72. The summed E-state index contributed by atoms with van der Waals surface area (Å²) in [4.78, 5) is 34.1. The molecular weight excluding hydrogens is 358 g/mol. The lowest BCUT2D eigenvalue weighted by atomic mass is 9.80. The highest BCUT2D eigenvalue weighted by atomic mass is 16.6. The van der Waals surface area contributed by atoms with Crippen LogP contribution in [-0.4, -0.2) is 22.8 Å². The van der Waals surface area contributed by atoms with Gasteiger partial charge in [-0.25, -0.2) is 0 Å². The first kappa shape index (κ1) is 21.9. The van der Waals surface area contributed by atoms with Crippen molar-refractivity contribution in [1.29, 1.82) is 0 Å². The molecule has 0 aromatic heterocycles. The predicted molar refractivity (Wildman–Crippen MR) is 108 cm³/mol. The van der Waals surface area contributed by atoms with Gasteiger partial charge >= 0.3 is 0 Å². The van der Waals surface area contributed by atoms with Crippen molar-refractivity contribution in [2.45, 2.75) is 70.8 Å². The van der Waals surface area contributed by atoms with Gasteiger partial charge in [-0.15, -0.1) is 0 Å². The van der Waals surface area contributed by atoms with Crippen molar-refractivity contribution in [3.63, 3.8) is 0 Å². The molecule has 7 heteroatoms. The molecular formula is C21H31N3O4. The van der Waals surface area contributed by atoms with Crippen LogP contribution in [0.15, 0.2) is 24.3 Å². The molecule has 1 fully saturated rings. The number of nitrogens with zero attached hydrogens (tertiary/aromatic N) is 1. The zero-order valence-electron chi connectivity index (χ0n) is 16.6. The van der Waals surface area contributed by atoms with Crippen molar-refractivity contribution in [1.82, 2.24) is 5.32 Å². The predicted octanol–water partition coefficient (Wildman–Crippen LogP) is 3.96. The van der Waals surface area contributed by atoms with Crippen LogP contribution in [0, 0.1) is 22.0 Å². The molecule has 1 atom stereocenters. The summed E-state index contributed by atoms with van der Waals surface area (Å²) in [6, 6.07) is 4.55. The minimum Gasteiger partial charge on any atom is -0.368 e. The third-order valence-electron chi connectivity index (χ3n) is 5.73. The molecule has 0 heterocycles. The average Bonchev–Trinajstić information content (AvgIpc) is 2.68. The smallest absolute Gasteiger partial charge is 0.269 e. The van der Waals surface area contributed by atoms with Crippen LogP contribution in [-0.2, 0) is 4.79 Å². The van der Waals surface area contributed by atoms with Crippen LogP contribution in [0.5, 0.6) is 0 Å². The maximum atomic E-state index is 12.3. The number of carbonyl (C=O) groups is 2. The number of non-ortho nitro benzene ring substituents is 1. The molecule has 2 amide bonds. The summed E-state index contributed by atoms with van der Waals surface area (Å²) < 4.78 is 0. The van der Waals surface area contributed by atoms with E-state index in [4.69, 9.17) is 5.73 Å². The molecule has 3 N–H and O–H groups in total. The number of nitrogens with one attached hydrogen (secondary N) is 1. The summed E-state index contributed by atoms with van der Waals surface area (Å²) in [7, 11) is 0. The van der Waals surface area contributed by atoms with Crippen molar-refractivity contribution in [2.75, 3.05) is 0 Å². The molecule has 0 aliphatic heterocycles. The molecule has 28 heavy (non-hydrogen) atoms. The lowest BCUT2D eigenvalue weighted by Gasteiger charge is -2.26. The van der Waals surface area contributed by atoms with Gasteiger partial charge in [0.15, 0.2) is 0 Å². The Morgan fingerprint density at radius 3 is 2.36 bits per heavy atom. The van der Waals surface area contributed by atoms with Crippen LogP contribution in [0.3, 0.4) is 0 Å². The van der Waals surface area contributed by atoms with Crippen LogP contribution >= 0.6 is 0 Å². The quantitative estimate of drug-likeness (QED) is 0.358. The molecule has 0 bridgehead atoms. The SMILES string of the molecule is C[C@H]1CC[C@H](CCCCCC(NC(=O)c2ccc([N+](=O)[O-])cc2)C(N)=O)CC1. The Labute approximate surface area is 166 Å². The first-order valence-corrected chi connectivity index (χ1v) is 10.2. The molecule has 0 radical (unpaired) electrons. The Morgan fingerprint density at radius 2 is 1.79 bits per heavy atom. The Morgan fingerprint density at radius 1 is 1.14 bits per heavy atom. The summed E-state index contributed by atoms with van der Waals surface area (Å²) in [5, 5.41) is 13.3. The fraction of sp³-hybridized carbons (Fsp3) is 0.619. The van der Waals surface area contributed by atoms with Gasteiger partial charge in [-0.3, -0.25) is 19.7 Å². The molecule has 0 saturated heterocycles. The second-order valence-corrected chi connectivity index (χ2v) is 8.00. The van der Waals surface area contributed by atoms with Gasteiger partial charge in [0, 0.05) is 17.7 Å². The zero-order valence-corrected chi connectivity index (χ0v) is 16.6. The summed E-state index contributed by atoms with van der Waals surface area (Å²) in [6.45, 7) is 2.32. The summed E-state index contributed by atoms with van der Waals surface area (Å²) in [6.07, 6.45) is 10.1. The van der Waals surface area contributed by atoms with Crippen LogP contribution in [0.4, 0.5) is 5.69 Å². The second-order valence-electron chi connectivity index (χ2n) is 8.00. The number of unbranched alkanes of at least 4 members (excludes halogenated alkanes) is 2. The van der Waals surface area contributed by atoms with Gasteiger partial charge in [-0.05, 0) is 30.4 Å². The number of nitro groups is 1. The van der Waals surface area contributed by atoms with Gasteiger partial charge in [-0.2, -0.15) is 0 Å². The second kappa shape index (κ2) is 10.8. The summed E-state index contributed by atoms with van der Waals surface area (Å²) >= 11 is 0. The molecule has 1 aliphatic carbocycles. The maximum absolute atomic E-state index is 12.3. The summed E-state index contributed by atoms with van der Waals surface area (Å²) in [5.74, 6) is 0.698. The molecule has 1 aromatic carbocycles. The Bertz CT molecular complexity index is 667. The highest BCUT2D eigenvalue weighted by Gasteiger charge is 2.20.